The molecule has 2 aromatic heterocycles. The quantitative estimate of drug-likeness (QED) is 0.642. The Bertz CT molecular complexity index is 1050. The van der Waals surface area contributed by atoms with Crippen molar-refractivity contribution < 1.29 is 22.7 Å². The number of nitrogens with zero attached hydrogens (tertiary/aromatic N) is 2. The molecule has 0 radical (unpaired) electrons. The van der Waals surface area contributed by atoms with Gasteiger partial charge in [0.15, 0.2) is 6.61 Å². The van der Waals surface area contributed by atoms with Gasteiger partial charge in [-0.2, -0.15) is 13.2 Å². The lowest BCUT2D eigenvalue weighted by molar-refractivity contribution is -0.154. The number of aromatic nitrogens is 2. The van der Waals surface area contributed by atoms with Crippen molar-refractivity contribution in [2.45, 2.75) is 31.5 Å². The van der Waals surface area contributed by atoms with Crippen molar-refractivity contribution in [2.75, 3.05) is 6.61 Å². The first-order valence-electron chi connectivity index (χ1n) is 9.61. The fraction of sp³-hybridized carbons (Fsp3) is 0.318. The number of hydrogen-bond donors (Lipinski definition) is 1. The Balaban J connectivity index is 1.33. The molecule has 0 unspecified atom stereocenters. The first kappa shape index (κ1) is 20.1. The van der Waals surface area contributed by atoms with Crippen molar-refractivity contribution in [3.05, 3.63) is 66.0 Å². The summed E-state index contributed by atoms with van der Waals surface area (Å²) in [5, 5.41) is 4.02. The largest absolute Gasteiger partial charge is 0.468 e. The third kappa shape index (κ3) is 4.69. The molecule has 0 aliphatic heterocycles. The average Bonchev–Trinajstić information content (AvgIpc) is 3.53. The predicted octanol–water partition coefficient (Wildman–Crippen LogP) is 4.55. The number of hydrogen-bond acceptors (Lipinski definition) is 4. The molecule has 3 atom stereocenters. The summed E-state index contributed by atoms with van der Waals surface area (Å²) in [6.45, 7) is 0.418. The van der Waals surface area contributed by atoms with Crippen LogP contribution in [0.4, 0.5) is 13.2 Å². The van der Waals surface area contributed by atoms with Crippen LogP contribution in [0.2, 0.25) is 0 Å². The molecule has 30 heavy (non-hydrogen) atoms. The van der Waals surface area contributed by atoms with E-state index in [9.17, 15) is 18.0 Å². The van der Waals surface area contributed by atoms with E-state index >= 15 is 0 Å². The monoisotopic (exact) mass is 415 g/mol. The van der Waals surface area contributed by atoms with E-state index in [-0.39, 0.29) is 29.7 Å². The van der Waals surface area contributed by atoms with Gasteiger partial charge in [0.25, 0.3) is 0 Å². The van der Waals surface area contributed by atoms with Gasteiger partial charge in [-0.3, -0.25) is 9.78 Å². The number of carbonyl (C=O) groups is 1. The predicted molar refractivity (Wildman–Crippen MR) is 105 cm³/mol. The molecule has 2 heterocycles. The minimum absolute atomic E-state index is 0.0500. The molecule has 4 rings (SSSR count). The van der Waals surface area contributed by atoms with Crippen molar-refractivity contribution in [1.29, 1.82) is 0 Å². The highest BCUT2D eigenvalue weighted by molar-refractivity contribution is 5.84. The Kier molecular flexibility index (Phi) is 5.32. The van der Waals surface area contributed by atoms with Gasteiger partial charge in [-0.1, -0.05) is 24.3 Å². The molecule has 1 amide bonds. The van der Waals surface area contributed by atoms with Crippen molar-refractivity contribution in [3.63, 3.8) is 0 Å². The van der Waals surface area contributed by atoms with E-state index in [2.05, 4.69) is 20.0 Å². The summed E-state index contributed by atoms with van der Waals surface area (Å²) in [6.07, 6.45) is -0.475. The summed E-state index contributed by atoms with van der Waals surface area (Å²) in [5.41, 5.74) is 2.70. The van der Waals surface area contributed by atoms with Crippen LogP contribution >= 0.6 is 0 Å². The van der Waals surface area contributed by atoms with Crippen LogP contribution in [-0.4, -0.2) is 28.7 Å². The topological polar surface area (TPSA) is 64.1 Å². The zero-order valence-electron chi connectivity index (χ0n) is 16.2. The number of fused-ring (bicyclic) bond motifs is 1. The van der Waals surface area contributed by atoms with Gasteiger partial charge in [-0.05, 0) is 42.5 Å². The molecule has 1 aliphatic carbocycles. The number of nitrogens with one attached hydrogen (secondary N) is 1. The van der Waals surface area contributed by atoms with Crippen LogP contribution in [0.3, 0.4) is 0 Å². The van der Waals surface area contributed by atoms with Crippen molar-refractivity contribution in [2.24, 2.45) is 5.92 Å². The summed E-state index contributed by atoms with van der Waals surface area (Å²) < 4.78 is 41.2. The molecule has 1 fully saturated rings. The number of benzene rings is 1. The van der Waals surface area contributed by atoms with Gasteiger partial charge in [0.05, 0.1) is 11.6 Å². The van der Waals surface area contributed by atoms with E-state index in [1.54, 1.807) is 12.3 Å². The van der Waals surface area contributed by atoms with E-state index < -0.39 is 12.8 Å². The Morgan fingerprint density at radius 1 is 1.23 bits per heavy atom. The molecular formula is C22H20F3N3O2. The van der Waals surface area contributed by atoms with Gasteiger partial charge in [-0.25, -0.2) is 4.98 Å². The molecule has 3 aromatic rings. The first-order chi connectivity index (χ1) is 14.3. The summed E-state index contributed by atoms with van der Waals surface area (Å²) in [6, 6.07) is 12.6. The van der Waals surface area contributed by atoms with Crippen LogP contribution < -0.4 is 10.1 Å². The van der Waals surface area contributed by atoms with Gasteiger partial charge < -0.3 is 10.1 Å². The lowest BCUT2D eigenvalue weighted by atomic mass is 10.1. The van der Waals surface area contributed by atoms with Crippen LogP contribution in [0.1, 0.15) is 36.4 Å². The average molecular weight is 415 g/mol. The molecule has 5 nitrogen and oxygen atoms in total. The smallest absolute Gasteiger partial charge is 0.422 e. The fourth-order valence-corrected chi connectivity index (χ4v) is 3.46. The lowest BCUT2D eigenvalue weighted by Gasteiger charge is -2.15. The first-order valence-corrected chi connectivity index (χ1v) is 9.61. The van der Waals surface area contributed by atoms with E-state index in [1.807, 2.05) is 37.3 Å². The standard InChI is InChI=1S/C22H20F3N3O2/c1-13(16-6-7-20(27-11-16)30-12-22(23,24)25)28-21(29)18-10-17(18)15-5-4-14-3-2-8-26-19(14)9-15/h2-9,11,13,17-18H,10,12H2,1H3,(H,28,29)/t13-,17+,18-/m1/s1. The Hall–Kier alpha value is -3.16. The number of pyridine rings is 2. The zero-order chi connectivity index (χ0) is 21.3. The number of carbonyl (C=O) groups excluding carboxylic acids is 1. The van der Waals surface area contributed by atoms with E-state index in [0.29, 0.717) is 5.56 Å². The summed E-state index contributed by atoms with van der Waals surface area (Å²) in [7, 11) is 0. The molecule has 0 saturated heterocycles. The second-order valence-electron chi connectivity index (χ2n) is 7.47. The van der Waals surface area contributed by atoms with Crippen LogP contribution in [0, 0.1) is 5.92 Å². The maximum atomic E-state index is 12.6. The van der Waals surface area contributed by atoms with Crippen molar-refractivity contribution >= 4 is 16.8 Å². The number of ether oxygens (including phenoxy) is 1. The molecular weight excluding hydrogens is 395 g/mol. The molecule has 8 heteroatoms. The Morgan fingerprint density at radius 3 is 2.80 bits per heavy atom. The second-order valence-corrected chi connectivity index (χ2v) is 7.47. The SMILES string of the molecule is C[C@@H](NC(=O)[C@@H]1C[C@H]1c1ccc2cccnc2c1)c1ccc(OCC(F)(F)F)nc1. The van der Waals surface area contributed by atoms with Crippen LogP contribution in [-0.2, 0) is 4.79 Å². The molecule has 1 aliphatic rings. The van der Waals surface area contributed by atoms with Crippen LogP contribution in [0.5, 0.6) is 5.88 Å². The third-order valence-electron chi connectivity index (χ3n) is 5.19. The van der Waals surface area contributed by atoms with E-state index in [0.717, 1.165) is 22.9 Å². The Labute approximate surface area is 171 Å². The minimum Gasteiger partial charge on any atom is -0.468 e. The van der Waals surface area contributed by atoms with Crippen LogP contribution in [0.15, 0.2) is 54.9 Å². The minimum atomic E-state index is -4.41. The molecule has 1 aromatic carbocycles. The highest BCUT2D eigenvalue weighted by Crippen LogP contribution is 2.48. The maximum absolute atomic E-state index is 12.6. The zero-order valence-corrected chi connectivity index (χ0v) is 16.2. The van der Waals surface area contributed by atoms with Gasteiger partial charge in [-0.15, -0.1) is 0 Å². The maximum Gasteiger partial charge on any atom is 0.422 e. The van der Waals surface area contributed by atoms with Gasteiger partial charge in [0, 0.05) is 29.8 Å². The number of rotatable bonds is 6. The lowest BCUT2D eigenvalue weighted by Crippen LogP contribution is -2.28. The number of alkyl halides is 3. The normalized spacial score (nSPS) is 19.3. The summed E-state index contributed by atoms with van der Waals surface area (Å²) in [4.78, 5) is 20.9. The molecule has 156 valence electrons. The summed E-state index contributed by atoms with van der Waals surface area (Å²) >= 11 is 0. The van der Waals surface area contributed by atoms with Gasteiger partial charge >= 0.3 is 6.18 Å². The third-order valence-corrected chi connectivity index (χ3v) is 5.19. The van der Waals surface area contributed by atoms with E-state index in [4.69, 9.17) is 0 Å². The molecule has 1 saturated carbocycles. The van der Waals surface area contributed by atoms with Gasteiger partial charge in [0.2, 0.25) is 11.8 Å². The van der Waals surface area contributed by atoms with Crippen molar-refractivity contribution in [1.82, 2.24) is 15.3 Å². The second kappa shape index (κ2) is 7.93. The number of amides is 1. The number of halogens is 3. The molecule has 0 bridgehead atoms. The van der Waals surface area contributed by atoms with Crippen molar-refractivity contribution in [3.8, 4) is 5.88 Å². The summed E-state index contributed by atoms with van der Waals surface area (Å²) in [5.74, 6) is -0.0939. The molecule has 1 N–H and O–H groups in total. The van der Waals surface area contributed by atoms with Gasteiger partial charge in [0.1, 0.15) is 0 Å². The Morgan fingerprint density at radius 2 is 2.07 bits per heavy atom. The fourth-order valence-electron chi connectivity index (χ4n) is 3.46. The molecule has 0 spiro atoms. The highest BCUT2D eigenvalue weighted by Gasteiger charge is 2.44. The van der Waals surface area contributed by atoms with Crippen LogP contribution in [0.25, 0.3) is 10.9 Å². The highest BCUT2D eigenvalue weighted by atomic mass is 19.4. The van der Waals surface area contributed by atoms with E-state index in [1.165, 1.54) is 12.3 Å².